The second kappa shape index (κ2) is 4.83. The summed E-state index contributed by atoms with van der Waals surface area (Å²) in [4.78, 5) is 24.9. The van der Waals surface area contributed by atoms with E-state index in [4.69, 9.17) is 15.0 Å². The number of nitrogens with two attached hydrogens (primary N) is 1. The summed E-state index contributed by atoms with van der Waals surface area (Å²) in [6.45, 7) is -4.17. The molecule has 3 rings (SSSR count). The molecule has 0 bridgehead atoms. The van der Waals surface area contributed by atoms with Crippen LogP contribution in [0.2, 0.25) is 0 Å². The number of nitrogens with zero attached hydrogens (tertiary/aromatic N) is 2. The molecular weight excluding hydrogens is 309 g/mol. The van der Waals surface area contributed by atoms with E-state index in [9.17, 15) is 19.4 Å². The molecular formula is C9H12N3O6PS. The van der Waals surface area contributed by atoms with Gasteiger partial charge in [0, 0.05) is 6.20 Å². The topological polar surface area (TPSA) is 137 Å². The Morgan fingerprint density at radius 1 is 1.60 bits per heavy atom. The van der Waals surface area contributed by atoms with E-state index in [0.29, 0.717) is 11.4 Å². The van der Waals surface area contributed by atoms with Crippen molar-refractivity contribution in [3.63, 3.8) is 0 Å². The SMILES string of the molecule is Nc1ccn([C@@H]2O[C@H](CO)[C@H]3OP(=O)(O)S[C@H]32)c(=O)n1. The Hall–Kier alpha value is -0.900. The minimum absolute atomic E-state index is 0.0719. The summed E-state index contributed by atoms with van der Waals surface area (Å²) in [5.74, 6) is 0.0719. The van der Waals surface area contributed by atoms with Crippen LogP contribution in [0.15, 0.2) is 17.1 Å². The van der Waals surface area contributed by atoms with Gasteiger partial charge in [0.2, 0.25) is 0 Å². The van der Waals surface area contributed by atoms with Gasteiger partial charge < -0.3 is 20.5 Å². The largest absolute Gasteiger partial charge is 0.394 e. The highest BCUT2D eigenvalue weighted by atomic mass is 32.7. The maximum Gasteiger partial charge on any atom is 0.387 e. The van der Waals surface area contributed by atoms with Crippen molar-refractivity contribution in [3.8, 4) is 0 Å². The third-order valence-corrected chi connectivity index (χ3v) is 6.41. The van der Waals surface area contributed by atoms with Crippen LogP contribution in [-0.4, -0.2) is 43.6 Å². The monoisotopic (exact) mass is 321 g/mol. The lowest BCUT2D eigenvalue weighted by atomic mass is 10.2. The van der Waals surface area contributed by atoms with Gasteiger partial charge in [0.25, 0.3) is 0 Å². The number of rotatable bonds is 2. The molecule has 0 radical (unpaired) electrons. The summed E-state index contributed by atoms with van der Waals surface area (Å²) < 4.78 is 23.4. The number of aliphatic hydroxyl groups excluding tert-OH is 1. The van der Waals surface area contributed by atoms with Crippen molar-refractivity contribution >= 4 is 24.0 Å². The van der Waals surface area contributed by atoms with Crippen molar-refractivity contribution in [3.05, 3.63) is 22.7 Å². The minimum Gasteiger partial charge on any atom is -0.394 e. The lowest BCUT2D eigenvalue weighted by Crippen LogP contribution is -2.32. The van der Waals surface area contributed by atoms with E-state index >= 15 is 0 Å². The van der Waals surface area contributed by atoms with E-state index in [1.54, 1.807) is 0 Å². The molecule has 1 aromatic heterocycles. The van der Waals surface area contributed by atoms with E-state index in [1.807, 2.05) is 0 Å². The van der Waals surface area contributed by atoms with Crippen LogP contribution in [0, 0.1) is 0 Å². The maximum absolute atomic E-state index is 11.8. The summed E-state index contributed by atoms with van der Waals surface area (Å²) in [6.07, 6.45) is -0.973. The Kier molecular flexibility index (Phi) is 3.39. The van der Waals surface area contributed by atoms with Gasteiger partial charge in [0.1, 0.15) is 18.0 Å². The molecule has 0 saturated carbocycles. The lowest BCUT2D eigenvalue weighted by molar-refractivity contribution is -0.0428. The number of anilines is 1. The van der Waals surface area contributed by atoms with E-state index in [0.717, 1.165) is 0 Å². The number of hydrogen-bond donors (Lipinski definition) is 3. The Balaban J connectivity index is 1.98. The second-order valence-electron chi connectivity index (χ2n) is 4.40. The molecule has 5 atom stereocenters. The quantitative estimate of drug-likeness (QED) is 0.605. The van der Waals surface area contributed by atoms with Crippen LogP contribution in [0.25, 0.3) is 0 Å². The van der Waals surface area contributed by atoms with E-state index in [-0.39, 0.29) is 12.4 Å². The van der Waals surface area contributed by atoms with Crippen LogP contribution in [0.4, 0.5) is 5.82 Å². The maximum atomic E-state index is 11.8. The zero-order valence-electron chi connectivity index (χ0n) is 10.0. The molecule has 2 saturated heterocycles. The van der Waals surface area contributed by atoms with Crippen molar-refractivity contribution in [1.29, 1.82) is 0 Å². The fourth-order valence-corrected chi connectivity index (χ4v) is 5.98. The van der Waals surface area contributed by atoms with Crippen molar-refractivity contribution in [2.45, 2.75) is 23.7 Å². The van der Waals surface area contributed by atoms with Crippen molar-refractivity contribution < 1.29 is 23.8 Å². The van der Waals surface area contributed by atoms with Crippen LogP contribution in [0.5, 0.6) is 0 Å². The van der Waals surface area contributed by atoms with Gasteiger partial charge in [-0.3, -0.25) is 9.09 Å². The number of aliphatic hydroxyl groups is 1. The summed E-state index contributed by atoms with van der Waals surface area (Å²) in [7, 11) is 0. The van der Waals surface area contributed by atoms with Gasteiger partial charge >= 0.3 is 12.5 Å². The second-order valence-corrected chi connectivity index (χ2v) is 8.32. The van der Waals surface area contributed by atoms with Crippen LogP contribution in [0.3, 0.4) is 0 Å². The predicted octanol–water partition coefficient (Wildman–Crippen LogP) is -0.684. The van der Waals surface area contributed by atoms with Gasteiger partial charge in [-0.25, -0.2) is 9.36 Å². The van der Waals surface area contributed by atoms with Gasteiger partial charge in [-0.1, -0.05) is 0 Å². The molecule has 1 aromatic rings. The molecule has 1 unspecified atom stereocenters. The fraction of sp³-hybridized carbons (Fsp3) is 0.556. The first-order chi connectivity index (χ1) is 9.41. The Bertz CT molecular complexity index is 638. The highest BCUT2D eigenvalue weighted by Gasteiger charge is 2.57. The van der Waals surface area contributed by atoms with Gasteiger partial charge in [-0.2, -0.15) is 4.98 Å². The molecule has 110 valence electrons. The summed E-state index contributed by atoms with van der Waals surface area (Å²) in [6, 6.07) is 1.42. The summed E-state index contributed by atoms with van der Waals surface area (Å²) in [5.41, 5.74) is 4.78. The number of ether oxygens (including phenoxy) is 1. The first-order valence-electron chi connectivity index (χ1n) is 5.72. The van der Waals surface area contributed by atoms with Gasteiger partial charge in [-0.15, -0.1) is 0 Å². The Morgan fingerprint density at radius 2 is 2.35 bits per heavy atom. The molecule has 0 amide bonds. The minimum atomic E-state index is -3.79. The third-order valence-electron chi connectivity index (χ3n) is 3.10. The number of fused-ring (bicyclic) bond motifs is 1. The molecule has 0 aliphatic carbocycles. The standard InChI is InChI=1S/C9H12N3O6PS/c10-5-1-2-12(9(14)11-5)8-7-6(4(3-13)17-8)18-19(15,16)20-7/h1-2,4,6-8,13H,3H2,(H,15,16)(H2,10,11,14)/t4-,6-,7-,8-/m1/s1. The van der Waals surface area contributed by atoms with E-state index in [2.05, 4.69) is 4.98 Å². The molecule has 4 N–H and O–H groups in total. The zero-order valence-corrected chi connectivity index (χ0v) is 11.7. The third kappa shape index (κ3) is 2.28. The van der Waals surface area contributed by atoms with Crippen molar-refractivity contribution in [2.75, 3.05) is 12.3 Å². The average Bonchev–Trinajstić information content (AvgIpc) is 2.83. The average molecular weight is 321 g/mol. The molecule has 9 nitrogen and oxygen atoms in total. The fourth-order valence-electron chi connectivity index (χ4n) is 2.27. The molecule has 0 spiro atoms. The van der Waals surface area contributed by atoms with Crippen LogP contribution >= 0.6 is 18.2 Å². The van der Waals surface area contributed by atoms with Gasteiger partial charge in [0.15, 0.2) is 6.23 Å². The molecule has 11 heteroatoms. The van der Waals surface area contributed by atoms with Crippen LogP contribution in [0.1, 0.15) is 6.23 Å². The number of hydrogen-bond acceptors (Lipinski definition) is 8. The molecule has 2 aliphatic heterocycles. The van der Waals surface area contributed by atoms with Crippen molar-refractivity contribution in [1.82, 2.24) is 9.55 Å². The normalized spacial score (nSPS) is 39.9. The molecule has 3 heterocycles. The molecule has 2 aliphatic rings. The molecule has 20 heavy (non-hydrogen) atoms. The van der Waals surface area contributed by atoms with Gasteiger partial charge in [0.05, 0.1) is 11.9 Å². The number of nitrogen functional groups attached to an aromatic ring is 1. The Labute approximate surface area is 117 Å². The Morgan fingerprint density at radius 3 is 3.00 bits per heavy atom. The molecule has 2 fully saturated rings. The van der Waals surface area contributed by atoms with Crippen molar-refractivity contribution in [2.24, 2.45) is 0 Å². The highest BCUT2D eigenvalue weighted by molar-refractivity contribution is 8.55. The molecule has 0 aromatic carbocycles. The first-order valence-corrected chi connectivity index (χ1v) is 8.78. The van der Waals surface area contributed by atoms with E-state index < -0.39 is 36.2 Å². The summed E-state index contributed by atoms with van der Waals surface area (Å²) in [5, 5.41) is 8.68. The van der Waals surface area contributed by atoms with E-state index in [1.165, 1.54) is 16.8 Å². The lowest BCUT2D eigenvalue weighted by Gasteiger charge is -2.18. The predicted molar refractivity (Wildman–Crippen MR) is 70.0 cm³/mol. The highest BCUT2D eigenvalue weighted by Crippen LogP contribution is 2.69. The zero-order chi connectivity index (χ0) is 14.5. The smallest absolute Gasteiger partial charge is 0.387 e. The van der Waals surface area contributed by atoms with Crippen LogP contribution < -0.4 is 11.4 Å². The number of aromatic nitrogens is 2. The first kappa shape index (κ1) is 14.1. The summed E-state index contributed by atoms with van der Waals surface area (Å²) >= 11 is 0.707. The van der Waals surface area contributed by atoms with Crippen LogP contribution in [-0.2, 0) is 13.8 Å². The van der Waals surface area contributed by atoms with Gasteiger partial charge in [-0.05, 0) is 17.4 Å².